The molecule has 0 saturated heterocycles. The first-order chi connectivity index (χ1) is 10.1. The van der Waals surface area contributed by atoms with Crippen LogP contribution in [-0.4, -0.2) is 9.97 Å². The minimum Gasteiger partial charge on any atom is -0.320 e. The van der Waals surface area contributed by atoms with Crippen LogP contribution in [0.15, 0.2) is 38.9 Å². The highest BCUT2D eigenvalue weighted by molar-refractivity contribution is 9.10. The summed E-state index contributed by atoms with van der Waals surface area (Å²) in [6.45, 7) is 0. The number of rotatable bonds is 2. The topological polar surface area (TPSA) is 74.7 Å². The second kappa shape index (κ2) is 4.81. The van der Waals surface area contributed by atoms with Crippen LogP contribution in [0.4, 0.5) is 0 Å². The maximum atomic E-state index is 11.4. The number of halogens is 1. The Balaban J connectivity index is 1.85. The summed E-state index contributed by atoms with van der Waals surface area (Å²) in [5, 5.41) is 2.09. The van der Waals surface area contributed by atoms with Crippen molar-refractivity contribution in [2.75, 3.05) is 0 Å². The average Bonchev–Trinajstić information content (AvgIpc) is 3.09. The van der Waals surface area contributed by atoms with Crippen molar-refractivity contribution in [3.05, 3.63) is 55.0 Å². The molecule has 1 unspecified atom stereocenters. The minimum absolute atomic E-state index is 0.209. The van der Waals surface area contributed by atoms with E-state index in [0.717, 1.165) is 25.9 Å². The molecule has 0 bridgehead atoms. The molecule has 4 aromatic rings. The lowest BCUT2D eigenvalue weighted by atomic mass is 10.1. The lowest BCUT2D eigenvalue weighted by molar-refractivity contribution is 0.890. The molecule has 4 rings (SSSR count). The molecule has 0 radical (unpaired) electrons. The summed E-state index contributed by atoms with van der Waals surface area (Å²) in [5.74, 6) is 0. The summed E-state index contributed by atoms with van der Waals surface area (Å²) < 4.78 is 3.42. The van der Waals surface area contributed by atoms with E-state index in [9.17, 15) is 4.79 Å². The third kappa shape index (κ3) is 2.17. The van der Waals surface area contributed by atoms with E-state index < -0.39 is 0 Å². The molecular weight excluding hydrogens is 370 g/mol. The van der Waals surface area contributed by atoms with Crippen LogP contribution in [0.5, 0.6) is 0 Å². The molecule has 1 aromatic carbocycles. The number of aromatic amines is 2. The molecule has 4 nitrogen and oxygen atoms in total. The van der Waals surface area contributed by atoms with Crippen LogP contribution in [0.25, 0.3) is 20.4 Å². The van der Waals surface area contributed by atoms with Gasteiger partial charge in [0.25, 0.3) is 0 Å². The number of nitrogens with two attached hydrogens (primary N) is 1. The highest BCUT2D eigenvalue weighted by atomic mass is 79.9. The highest BCUT2D eigenvalue weighted by Gasteiger charge is 2.17. The standard InChI is InChI=1S/C14H10BrN3OS2/c15-7-4-9-8(17-14(19)18-9)3-6(7)13(16)12-5-11-10(21-12)1-2-20-11/h1-5,13H,16H2,(H2,17,18,19). The summed E-state index contributed by atoms with van der Waals surface area (Å²) in [5.41, 5.74) is 8.72. The third-order valence-corrected chi connectivity index (χ3v) is 6.30. The molecule has 0 aliphatic rings. The fraction of sp³-hybridized carbons (Fsp3) is 0.0714. The zero-order chi connectivity index (χ0) is 14.6. The molecule has 21 heavy (non-hydrogen) atoms. The van der Waals surface area contributed by atoms with Gasteiger partial charge in [0.1, 0.15) is 0 Å². The quantitative estimate of drug-likeness (QED) is 0.493. The smallest absolute Gasteiger partial charge is 0.320 e. The number of nitrogens with one attached hydrogen (secondary N) is 2. The molecule has 1 atom stereocenters. The van der Waals surface area contributed by atoms with Gasteiger partial charge < -0.3 is 15.7 Å². The first-order valence-corrected chi connectivity index (χ1v) is 8.75. The van der Waals surface area contributed by atoms with Crippen LogP contribution >= 0.6 is 38.6 Å². The van der Waals surface area contributed by atoms with E-state index in [4.69, 9.17) is 5.73 Å². The largest absolute Gasteiger partial charge is 0.323 e. The van der Waals surface area contributed by atoms with E-state index in [2.05, 4.69) is 43.4 Å². The van der Waals surface area contributed by atoms with Gasteiger partial charge >= 0.3 is 5.69 Å². The van der Waals surface area contributed by atoms with Gasteiger partial charge in [-0.3, -0.25) is 0 Å². The van der Waals surface area contributed by atoms with Crippen molar-refractivity contribution >= 4 is 59.0 Å². The third-order valence-electron chi connectivity index (χ3n) is 3.43. The lowest BCUT2D eigenvalue weighted by Crippen LogP contribution is -2.10. The van der Waals surface area contributed by atoms with Gasteiger partial charge in [-0.1, -0.05) is 15.9 Å². The number of fused-ring (bicyclic) bond motifs is 2. The van der Waals surface area contributed by atoms with E-state index in [1.165, 1.54) is 9.40 Å². The van der Waals surface area contributed by atoms with Crippen molar-refractivity contribution < 1.29 is 0 Å². The van der Waals surface area contributed by atoms with Gasteiger partial charge in [-0.05, 0) is 35.2 Å². The molecule has 0 aliphatic heterocycles. The summed E-state index contributed by atoms with van der Waals surface area (Å²) in [6, 6.07) is 7.86. The van der Waals surface area contributed by atoms with Crippen LogP contribution < -0.4 is 11.4 Å². The fourth-order valence-electron chi connectivity index (χ4n) is 2.40. The first-order valence-electron chi connectivity index (χ1n) is 6.26. The molecule has 7 heteroatoms. The van der Waals surface area contributed by atoms with Gasteiger partial charge in [-0.2, -0.15) is 0 Å². The van der Waals surface area contributed by atoms with Crippen molar-refractivity contribution in [1.82, 2.24) is 9.97 Å². The number of hydrogen-bond acceptors (Lipinski definition) is 4. The second-order valence-electron chi connectivity index (χ2n) is 4.77. The molecule has 0 saturated carbocycles. The Morgan fingerprint density at radius 1 is 1.14 bits per heavy atom. The minimum atomic E-state index is -0.216. The Labute approximate surface area is 135 Å². The van der Waals surface area contributed by atoms with E-state index in [-0.39, 0.29) is 11.7 Å². The number of H-pyrrole nitrogens is 2. The van der Waals surface area contributed by atoms with Gasteiger partial charge in [0, 0.05) is 18.7 Å². The average molecular weight is 380 g/mol. The maximum absolute atomic E-state index is 11.4. The Hall–Kier alpha value is -1.41. The summed E-state index contributed by atoms with van der Waals surface area (Å²) in [4.78, 5) is 18.0. The maximum Gasteiger partial charge on any atom is 0.323 e. The van der Waals surface area contributed by atoms with E-state index in [1.807, 2.05) is 12.1 Å². The van der Waals surface area contributed by atoms with Crippen molar-refractivity contribution in [3.8, 4) is 0 Å². The van der Waals surface area contributed by atoms with Crippen molar-refractivity contribution in [2.24, 2.45) is 5.73 Å². The summed E-state index contributed by atoms with van der Waals surface area (Å²) in [6.07, 6.45) is 0. The Kier molecular flexibility index (Phi) is 3.04. The van der Waals surface area contributed by atoms with Gasteiger partial charge in [0.15, 0.2) is 0 Å². The van der Waals surface area contributed by atoms with Crippen LogP contribution in [-0.2, 0) is 0 Å². The van der Waals surface area contributed by atoms with Crippen LogP contribution in [0.1, 0.15) is 16.5 Å². The summed E-state index contributed by atoms with van der Waals surface area (Å²) >= 11 is 6.98. The molecule has 0 amide bonds. The molecule has 4 N–H and O–H groups in total. The number of aromatic nitrogens is 2. The zero-order valence-electron chi connectivity index (χ0n) is 10.6. The predicted octanol–water partition coefficient (Wildman–Crippen LogP) is 3.94. The SMILES string of the molecule is NC(c1cc2sccc2s1)c1cc2[nH]c(=O)[nH]c2cc1Br. The molecule has 0 spiro atoms. The van der Waals surface area contributed by atoms with Gasteiger partial charge in [0.05, 0.1) is 17.1 Å². The van der Waals surface area contributed by atoms with Gasteiger partial charge in [-0.15, -0.1) is 22.7 Å². The molecular formula is C14H10BrN3OS2. The van der Waals surface area contributed by atoms with Crippen LogP contribution in [0, 0.1) is 0 Å². The Morgan fingerprint density at radius 2 is 1.90 bits per heavy atom. The Morgan fingerprint density at radius 3 is 2.67 bits per heavy atom. The molecule has 0 fully saturated rings. The van der Waals surface area contributed by atoms with Crippen molar-refractivity contribution in [3.63, 3.8) is 0 Å². The zero-order valence-corrected chi connectivity index (χ0v) is 13.9. The van der Waals surface area contributed by atoms with Crippen molar-refractivity contribution in [2.45, 2.75) is 6.04 Å². The Bertz CT molecular complexity index is 982. The number of imidazole rings is 1. The fourth-order valence-corrected chi connectivity index (χ4v) is 5.13. The normalized spacial score (nSPS) is 13.2. The molecule has 3 heterocycles. The van der Waals surface area contributed by atoms with Gasteiger partial charge in [0.2, 0.25) is 0 Å². The van der Waals surface area contributed by atoms with Crippen molar-refractivity contribution in [1.29, 1.82) is 0 Å². The molecule has 0 aliphatic carbocycles. The van der Waals surface area contributed by atoms with Crippen LogP contribution in [0.3, 0.4) is 0 Å². The first kappa shape index (κ1) is 13.3. The number of hydrogen-bond donors (Lipinski definition) is 3. The number of benzene rings is 1. The summed E-state index contributed by atoms with van der Waals surface area (Å²) in [7, 11) is 0. The molecule has 3 aromatic heterocycles. The highest BCUT2D eigenvalue weighted by Crippen LogP contribution is 2.37. The predicted molar refractivity (Wildman–Crippen MR) is 92.4 cm³/mol. The van der Waals surface area contributed by atoms with Crippen LogP contribution in [0.2, 0.25) is 0 Å². The monoisotopic (exact) mass is 379 g/mol. The van der Waals surface area contributed by atoms with Gasteiger partial charge in [-0.25, -0.2) is 4.79 Å². The van der Waals surface area contributed by atoms with E-state index >= 15 is 0 Å². The second-order valence-corrected chi connectivity index (χ2v) is 7.69. The molecule has 106 valence electrons. The lowest BCUT2D eigenvalue weighted by Gasteiger charge is -2.12. The van der Waals surface area contributed by atoms with E-state index in [0.29, 0.717) is 0 Å². The number of thiophene rings is 2. The van der Waals surface area contributed by atoms with E-state index in [1.54, 1.807) is 22.7 Å².